The molecule has 7 heteroatoms. The number of nitrogen functional groups attached to an aromatic ring is 1. The van der Waals surface area contributed by atoms with Gasteiger partial charge in [0.15, 0.2) is 0 Å². The zero-order valence-electron chi connectivity index (χ0n) is 10.2. The highest BCUT2D eigenvalue weighted by molar-refractivity contribution is 9.10. The number of nitrogens with zero attached hydrogens (tertiary/aromatic N) is 1. The fourth-order valence-corrected chi connectivity index (χ4v) is 2.02. The molecule has 0 bridgehead atoms. The SMILES string of the molecule is Nc1cnc(NC(=O)Cc2ccc(F)cc2F)c(Br)c1. The van der Waals surface area contributed by atoms with Gasteiger partial charge in [-0.2, -0.15) is 0 Å². The summed E-state index contributed by atoms with van der Waals surface area (Å²) in [6.07, 6.45) is 1.17. The average molecular weight is 342 g/mol. The zero-order chi connectivity index (χ0) is 14.7. The number of pyridine rings is 1. The second kappa shape index (κ2) is 5.96. The van der Waals surface area contributed by atoms with Gasteiger partial charge in [-0.15, -0.1) is 0 Å². The molecule has 1 aromatic carbocycles. The van der Waals surface area contributed by atoms with Crippen molar-refractivity contribution in [2.75, 3.05) is 11.1 Å². The number of benzene rings is 1. The van der Waals surface area contributed by atoms with Gasteiger partial charge in [-0.05, 0) is 33.6 Å². The van der Waals surface area contributed by atoms with E-state index in [0.717, 1.165) is 12.1 Å². The first-order valence-corrected chi connectivity index (χ1v) is 6.40. The Hall–Kier alpha value is -2.02. The molecule has 0 unspecified atom stereocenters. The van der Waals surface area contributed by atoms with E-state index in [0.29, 0.717) is 10.2 Å². The standard InChI is InChI=1S/C13H10BrF2N3O/c14-10-5-9(17)6-18-13(10)19-12(20)3-7-1-2-8(15)4-11(7)16/h1-2,4-6H,3,17H2,(H,18,19,20). The molecule has 0 aliphatic heterocycles. The number of carbonyl (C=O) groups excluding carboxylic acids is 1. The van der Waals surface area contributed by atoms with E-state index in [9.17, 15) is 13.6 Å². The third-order valence-corrected chi connectivity index (χ3v) is 3.09. The molecule has 3 N–H and O–H groups in total. The van der Waals surface area contributed by atoms with Gasteiger partial charge in [0.05, 0.1) is 22.8 Å². The molecule has 0 radical (unpaired) electrons. The summed E-state index contributed by atoms with van der Waals surface area (Å²) in [6.45, 7) is 0. The second-order valence-corrected chi connectivity index (χ2v) is 4.91. The minimum Gasteiger partial charge on any atom is -0.397 e. The van der Waals surface area contributed by atoms with E-state index in [2.05, 4.69) is 26.2 Å². The number of nitrogens with two attached hydrogens (primary N) is 1. The maximum absolute atomic E-state index is 13.4. The topological polar surface area (TPSA) is 68.0 Å². The minimum absolute atomic E-state index is 0.107. The van der Waals surface area contributed by atoms with E-state index in [-0.39, 0.29) is 17.8 Å². The highest BCUT2D eigenvalue weighted by atomic mass is 79.9. The molecule has 104 valence electrons. The van der Waals surface area contributed by atoms with Crippen LogP contribution >= 0.6 is 15.9 Å². The van der Waals surface area contributed by atoms with Crippen molar-refractivity contribution in [3.8, 4) is 0 Å². The summed E-state index contributed by atoms with van der Waals surface area (Å²) >= 11 is 3.20. The third-order valence-electron chi connectivity index (χ3n) is 2.49. The molecule has 1 aromatic heterocycles. The molecule has 0 spiro atoms. The van der Waals surface area contributed by atoms with Crippen LogP contribution in [0.5, 0.6) is 0 Å². The largest absolute Gasteiger partial charge is 0.397 e. The first-order valence-electron chi connectivity index (χ1n) is 5.60. The first kappa shape index (κ1) is 14.4. The average Bonchev–Trinajstić information content (AvgIpc) is 2.36. The highest BCUT2D eigenvalue weighted by Gasteiger charge is 2.11. The van der Waals surface area contributed by atoms with Gasteiger partial charge in [0.2, 0.25) is 5.91 Å². The molecule has 0 fully saturated rings. The van der Waals surface area contributed by atoms with Gasteiger partial charge < -0.3 is 11.1 Å². The van der Waals surface area contributed by atoms with Crippen LogP contribution in [0.3, 0.4) is 0 Å². The Morgan fingerprint density at radius 1 is 1.35 bits per heavy atom. The molecule has 1 amide bonds. The van der Waals surface area contributed by atoms with E-state index in [1.54, 1.807) is 6.07 Å². The van der Waals surface area contributed by atoms with Crippen molar-refractivity contribution < 1.29 is 13.6 Å². The number of anilines is 2. The van der Waals surface area contributed by atoms with Crippen molar-refractivity contribution in [2.24, 2.45) is 0 Å². The Bertz CT molecular complexity index is 609. The van der Waals surface area contributed by atoms with Crippen molar-refractivity contribution in [2.45, 2.75) is 6.42 Å². The molecular formula is C13H10BrF2N3O. The van der Waals surface area contributed by atoms with E-state index in [1.807, 2.05) is 0 Å². The number of hydrogen-bond donors (Lipinski definition) is 2. The number of amides is 1. The summed E-state index contributed by atoms with van der Waals surface area (Å²) in [7, 11) is 0. The lowest BCUT2D eigenvalue weighted by atomic mass is 10.1. The predicted molar refractivity (Wildman–Crippen MR) is 75.0 cm³/mol. The van der Waals surface area contributed by atoms with Crippen LogP contribution in [0.4, 0.5) is 20.3 Å². The monoisotopic (exact) mass is 341 g/mol. The quantitative estimate of drug-likeness (QED) is 0.901. The molecule has 1 heterocycles. The van der Waals surface area contributed by atoms with Gasteiger partial charge in [0, 0.05) is 6.07 Å². The number of rotatable bonds is 3. The summed E-state index contributed by atoms with van der Waals surface area (Å²) in [6, 6.07) is 4.65. The summed E-state index contributed by atoms with van der Waals surface area (Å²) in [5.74, 6) is -1.63. The molecule has 0 aliphatic rings. The van der Waals surface area contributed by atoms with Crippen molar-refractivity contribution in [3.63, 3.8) is 0 Å². The van der Waals surface area contributed by atoms with Crippen LogP contribution in [-0.2, 0) is 11.2 Å². The molecule has 20 heavy (non-hydrogen) atoms. The Morgan fingerprint density at radius 2 is 2.10 bits per heavy atom. The Labute approximate surface area is 122 Å². The molecule has 0 saturated carbocycles. The highest BCUT2D eigenvalue weighted by Crippen LogP contribution is 2.22. The van der Waals surface area contributed by atoms with Crippen LogP contribution < -0.4 is 11.1 Å². The van der Waals surface area contributed by atoms with E-state index in [4.69, 9.17) is 5.73 Å². The normalized spacial score (nSPS) is 10.3. The van der Waals surface area contributed by atoms with Crippen LogP contribution in [-0.4, -0.2) is 10.9 Å². The van der Waals surface area contributed by atoms with Gasteiger partial charge in [-0.25, -0.2) is 13.8 Å². The predicted octanol–water partition coefficient (Wildman–Crippen LogP) is 2.89. The van der Waals surface area contributed by atoms with Crippen molar-refractivity contribution in [1.82, 2.24) is 4.98 Å². The number of hydrogen-bond acceptors (Lipinski definition) is 3. The number of halogens is 3. The van der Waals surface area contributed by atoms with Gasteiger partial charge in [-0.3, -0.25) is 4.79 Å². The number of aromatic nitrogens is 1. The second-order valence-electron chi connectivity index (χ2n) is 4.06. The molecule has 4 nitrogen and oxygen atoms in total. The Morgan fingerprint density at radius 3 is 2.75 bits per heavy atom. The van der Waals surface area contributed by atoms with Crippen LogP contribution in [0.15, 0.2) is 34.9 Å². The van der Waals surface area contributed by atoms with Crippen LogP contribution in [0, 0.1) is 11.6 Å². The Balaban J connectivity index is 2.09. The number of carbonyl (C=O) groups is 1. The van der Waals surface area contributed by atoms with Crippen LogP contribution in [0.2, 0.25) is 0 Å². The van der Waals surface area contributed by atoms with E-state index >= 15 is 0 Å². The minimum atomic E-state index is -0.760. The van der Waals surface area contributed by atoms with Crippen molar-refractivity contribution in [3.05, 3.63) is 52.1 Å². The summed E-state index contributed by atoms with van der Waals surface area (Å²) < 4.78 is 26.7. The maximum Gasteiger partial charge on any atom is 0.230 e. The van der Waals surface area contributed by atoms with E-state index < -0.39 is 17.5 Å². The fourth-order valence-electron chi connectivity index (χ4n) is 1.56. The lowest BCUT2D eigenvalue weighted by Gasteiger charge is -2.07. The zero-order valence-corrected chi connectivity index (χ0v) is 11.7. The van der Waals surface area contributed by atoms with E-state index in [1.165, 1.54) is 12.3 Å². The van der Waals surface area contributed by atoms with Gasteiger partial charge >= 0.3 is 0 Å². The fraction of sp³-hybridized carbons (Fsp3) is 0.0769. The summed E-state index contributed by atoms with van der Waals surface area (Å²) in [4.78, 5) is 15.7. The van der Waals surface area contributed by atoms with Crippen LogP contribution in [0.25, 0.3) is 0 Å². The number of nitrogens with one attached hydrogen (secondary N) is 1. The molecular weight excluding hydrogens is 332 g/mol. The maximum atomic E-state index is 13.4. The van der Waals surface area contributed by atoms with Gasteiger partial charge in [0.25, 0.3) is 0 Å². The van der Waals surface area contributed by atoms with Gasteiger partial charge in [-0.1, -0.05) is 6.07 Å². The molecule has 0 saturated heterocycles. The Kier molecular flexibility index (Phi) is 4.29. The molecule has 2 aromatic rings. The molecule has 2 rings (SSSR count). The van der Waals surface area contributed by atoms with Crippen LogP contribution in [0.1, 0.15) is 5.56 Å². The van der Waals surface area contributed by atoms with Crippen molar-refractivity contribution >= 4 is 33.3 Å². The van der Waals surface area contributed by atoms with Crippen molar-refractivity contribution in [1.29, 1.82) is 0 Å². The lowest BCUT2D eigenvalue weighted by Crippen LogP contribution is -2.16. The summed E-state index contributed by atoms with van der Waals surface area (Å²) in [5, 5.41) is 2.51. The van der Waals surface area contributed by atoms with Gasteiger partial charge in [0.1, 0.15) is 17.5 Å². The molecule has 0 aliphatic carbocycles. The molecule has 0 atom stereocenters. The lowest BCUT2D eigenvalue weighted by molar-refractivity contribution is -0.115. The smallest absolute Gasteiger partial charge is 0.230 e. The third kappa shape index (κ3) is 3.51. The summed E-state index contributed by atoms with van der Waals surface area (Å²) in [5.41, 5.74) is 6.08. The first-order chi connectivity index (χ1) is 9.45.